The van der Waals surface area contributed by atoms with Crippen molar-refractivity contribution in [3.8, 4) is 0 Å². The lowest BCUT2D eigenvalue weighted by molar-refractivity contribution is -0.123. The molecule has 1 saturated heterocycles. The number of carbonyl (C=O) groups excluding carboxylic acids is 2. The molecule has 1 aliphatic rings. The van der Waals surface area contributed by atoms with Gasteiger partial charge in [0.25, 0.3) is 5.91 Å². The molecular weight excluding hydrogens is 347 g/mol. The molecule has 1 aromatic rings. The second kappa shape index (κ2) is 8.34. The minimum absolute atomic E-state index is 0. The summed E-state index contributed by atoms with van der Waals surface area (Å²) >= 11 is 0. The SMILES string of the molecule is Cc1ccc(C(=O)NCC(F)(F)F)cc1NC(=O)C1CCNC1.Cl. The van der Waals surface area contributed by atoms with Crippen molar-refractivity contribution in [1.29, 1.82) is 0 Å². The van der Waals surface area contributed by atoms with Gasteiger partial charge in [0, 0.05) is 17.8 Å². The second-order valence-electron chi connectivity index (χ2n) is 5.51. The molecule has 24 heavy (non-hydrogen) atoms. The van der Waals surface area contributed by atoms with Gasteiger partial charge in [-0.1, -0.05) is 6.07 Å². The van der Waals surface area contributed by atoms with E-state index in [4.69, 9.17) is 0 Å². The van der Waals surface area contributed by atoms with Crippen molar-refractivity contribution in [3.05, 3.63) is 29.3 Å². The lowest BCUT2D eigenvalue weighted by Crippen LogP contribution is -2.33. The maximum atomic E-state index is 12.1. The first-order valence-electron chi connectivity index (χ1n) is 7.23. The van der Waals surface area contributed by atoms with Crippen LogP contribution in [0.5, 0.6) is 0 Å². The molecule has 0 saturated carbocycles. The molecule has 3 N–H and O–H groups in total. The van der Waals surface area contributed by atoms with E-state index in [1.807, 2.05) is 5.32 Å². The quantitative estimate of drug-likeness (QED) is 0.766. The molecule has 134 valence electrons. The Morgan fingerprint density at radius 3 is 2.62 bits per heavy atom. The van der Waals surface area contributed by atoms with Crippen molar-refractivity contribution in [3.63, 3.8) is 0 Å². The fourth-order valence-electron chi connectivity index (χ4n) is 2.29. The Labute approximate surface area is 143 Å². The predicted molar refractivity (Wildman–Crippen MR) is 86.4 cm³/mol. The lowest BCUT2D eigenvalue weighted by Gasteiger charge is -2.14. The Hall–Kier alpha value is -1.80. The summed E-state index contributed by atoms with van der Waals surface area (Å²) in [5, 5.41) is 7.63. The van der Waals surface area contributed by atoms with E-state index in [1.165, 1.54) is 12.1 Å². The fourth-order valence-corrected chi connectivity index (χ4v) is 2.29. The van der Waals surface area contributed by atoms with Crippen LogP contribution in [-0.4, -0.2) is 37.6 Å². The fraction of sp³-hybridized carbons (Fsp3) is 0.467. The number of rotatable bonds is 4. The van der Waals surface area contributed by atoms with Gasteiger partial charge in [0.15, 0.2) is 0 Å². The largest absolute Gasteiger partial charge is 0.405 e. The minimum Gasteiger partial charge on any atom is -0.343 e. The van der Waals surface area contributed by atoms with Gasteiger partial charge >= 0.3 is 6.18 Å². The predicted octanol–water partition coefficient (Wildman–Crippen LogP) is 2.26. The van der Waals surface area contributed by atoms with Crippen LogP contribution in [0.1, 0.15) is 22.3 Å². The molecule has 1 atom stereocenters. The standard InChI is InChI=1S/C15H18F3N3O2.ClH/c1-9-2-3-10(13(22)20-8-15(16,17)18)6-12(9)21-14(23)11-4-5-19-7-11;/h2-3,6,11,19H,4-5,7-8H2,1H3,(H,20,22)(H,21,23);1H. The van der Waals surface area contributed by atoms with Gasteiger partial charge in [-0.2, -0.15) is 13.2 Å². The van der Waals surface area contributed by atoms with Crippen LogP contribution in [0, 0.1) is 12.8 Å². The minimum atomic E-state index is -4.47. The van der Waals surface area contributed by atoms with Crippen molar-refractivity contribution >= 4 is 29.9 Å². The number of alkyl halides is 3. The zero-order chi connectivity index (χ0) is 17.0. The van der Waals surface area contributed by atoms with Crippen LogP contribution in [0.2, 0.25) is 0 Å². The average molecular weight is 366 g/mol. The summed E-state index contributed by atoms with van der Waals surface area (Å²) in [6, 6.07) is 4.40. The molecule has 2 amide bonds. The number of halogens is 4. The van der Waals surface area contributed by atoms with E-state index < -0.39 is 18.6 Å². The number of hydrogen-bond acceptors (Lipinski definition) is 3. The number of amides is 2. The van der Waals surface area contributed by atoms with Gasteiger partial charge in [0.1, 0.15) is 6.54 Å². The third-order valence-corrected chi connectivity index (χ3v) is 3.64. The van der Waals surface area contributed by atoms with E-state index in [9.17, 15) is 22.8 Å². The lowest BCUT2D eigenvalue weighted by atomic mass is 10.1. The number of aryl methyl sites for hydroxylation is 1. The van der Waals surface area contributed by atoms with Crippen molar-refractivity contribution in [2.75, 3.05) is 25.0 Å². The highest BCUT2D eigenvalue weighted by Gasteiger charge is 2.28. The first-order chi connectivity index (χ1) is 10.8. The number of carbonyl (C=O) groups is 2. The van der Waals surface area contributed by atoms with E-state index in [2.05, 4.69) is 10.6 Å². The van der Waals surface area contributed by atoms with E-state index in [1.54, 1.807) is 13.0 Å². The van der Waals surface area contributed by atoms with Crippen molar-refractivity contribution in [1.82, 2.24) is 10.6 Å². The van der Waals surface area contributed by atoms with Crippen molar-refractivity contribution in [2.24, 2.45) is 5.92 Å². The maximum Gasteiger partial charge on any atom is 0.405 e. The van der Waals surface area contributed by atoms with Crippen LogP contribution in [0.3, 0.4) is 0 Å². The molecule has 0 radical (unpaired) electrons. The van der Waals surface area contributed by atoms with Gasteiger partial charge in [-0.15, -0.1) is 12.4 Å². The van der Waals surface area contributed by atoms with E-state index in [-0.39, 0.29) is 29.8 Å². The highest BCUT2D eigenvalue weighted by atomic mass is 35.5. The molecule has 5 nitrogen and oxygen atoms in total. The molecule has 0 aromatic heterocycles. The Balaban J connectivity index is 0.00000288. The summed E-state index contributed by atoms with van der Waals surface area (Å²) in [4.78, 5) is 23.9. The molecule has 1 unspecified atom stereocenters. The summed E-state index contributed by atoms with van der Waals surface area (Å²) in [5.41, 5.74) is 1.23. The molecule has 0 bridgehead atoms. The summed E-state index contributed by atoms with van der Waals surface area (Å²) in [6.07, 6.45) is -3.73. The molecule has 1 aliphatic heterocycles. The smallest absolute Gasteiger partial charge is 0.343 e. The van der Waals surface area contributed by atoms with Crippen LogP contribution < -0.4 is 16.0 Å². The van der Waals surface area contributed by atoms with Gasteiger partial charge in [-0.3, -0.25) is 9.59 Å². The Morgan fingerprint density at radius 1 is 1.33 bits per heavy atom. The van der Waals surface area contributed by atoms with Crippen LogP contribution in [0.4, 0.5) is 18.9 Å². The second-order valence-corrected chi connectivity index (χ2v) is 5.51. The Morgan fingerprint density at radius 2 is 2.04 bits per heavy atom. The Kier molecular flexibility index (Phi) is 7.04. The van der Waals surface area contributed by atoms with E-state index >= 15 is 0 Å². The molecule has 2 rings (SSSR count). The zero-order valence-corrected chi connectivity index (χ0v) is 13.8. The summed E-state index contributed by atoms with van der Waals surface area (Å²) in [5.74, 6) is -1.14. The van der Waals surface area contributed by atoms with Crippen LogP contribution in [-0.2, 0) is 4.79 Å². The summed E-state index contributed by atoms with van der Waals surface area (Å²) in [7, 11) is 0. The number of nitrogens with one attached hydrogen (secondary N) is 3. The highest BCUT2D eigenvalue weighted by molar-refractivity contribution is 5.98. The van der Waals surface area contributed by atoms with Gasteiger partial charge in [-0.05, 0) is 37.6 Å². The molecule has 1 fully saturated rings. The van der Waals surface area contributed by atoms with Crippen LogP contribution in [0.15, 0.2) is 18.2 Å². The molecule has 0 spiro atoms. The molecule has 1 heterocycles. The first kappa shape index (κ1) is 20.2. The molecular formula is C15H19ClF3N3O2. The van der Waals surface area contributed by atoms with Gasteiger partial charge in [-0.25, -0.2) is 0 Å². The normalized spacial score (nSPS) is 17.1. The van der Waals surface area contributed by atoms with Gasteiger partial charge in [0.2, 0.25) is 5.91 Å². The first-order valence-corrected chi connectivity index (χ1v) is 7.23. The Bertz CT molecular complexity index is 602. The number of benzene rings is 1. The number of anilines is 1. The zero-order valence-electron chi connectivity index (χ0n) is 13.0. The third-order valence-electron chi connectivity index (χ3n) is 3.64. The van der Waals surface area contributed by atoms with E-state index in [0.29, 0.717) is 12.2 Å². The third kappa shape index (κ3) is 5.68. The number of hydrogen-bond donors (Lipinski definition) is 3. The molecule has 9 heteroatoms. The summed E-state index contributed by atoms with van der Waals surface area (Å²) < 4.78 is 36.4. The monoisotopic (exact) mass is 365 g/mol. The van der Waals surface area contributed by atoms with Crippen LogP contribution in [0.25, 0.3) is 0 Å². The van der Waals surface area contributed by atoms with Crippen molar-refractivity contribution < 1.29 is 22.8 Å². The van der Waals surface area contributed by atoms with Gasteiger partial charge in [0.05, 0.1) is 5.92 Å². The maximum absolute atomic E-state index is 12.1. The molecule has 1 aromatic carbocycles. The highest BCUT2D eigenvalue weighted by Crippen LogP contribution is 2.20. The topological polar surface area (TPSA) is 70.2 Å². The average Bonchev–Trinajstić information content (AvgIpc) is 3.00. The van der Waals surface area contributed by atoms with E-state index in [0.717, 1.165) is 18.5 Å². The summed E-state index contributed by atoms with van der Waals surface area (Å²) in [6.45, 7) is 1.72. The van der Waals surface area contributed by atoms with Gasteiger partial charge < -0.3 is 16.0 Å². The van der Waals surface area contributed by atoms with Crippen LogP contribution >= 0.6 is 12.4 Å². The molecule has 0 aliphatic carbocycles. The van der Waals surface area contributed by atoms with Crippen molar-refractivity contribution in [2.45, 2.75) is 19.5 Å².